The fraction of sp³-hybridized carbons (Fsp3) is 0.312. The summed E-state index contributed by atoms with van der Waals surface area (Å²) in [6, 6.07) is 5.15. The number of halogens is 1. The quantitative estimate of drug-likeness (QED) is 0.633. The first-order chi connectivity index (χ1) is 11.9. The van der Waals surface area contributed by atoms with Crippen molar-refractivity contribution < 1.29 is 9.18 Å². The highest BCUT2D eigenvalue weighted by Crippen LogP contribution is 2.18. The van der Waals surface area contributed by atoms with E-state index in [9.17, 15) is 9.18 Å². The van der Waals surface area contributed by atoms with Crippen molar-refractivity contribution in [3.05, 3.63) is 46.5 Å². The number of carbonyl (C=O) groups excluding carboxylic acids is 1. The van der Waals surface area contributed by atoms with Gasteiger partial charge in [-0.05, 0) is 49.6 Å². The molecule has 0 saturated carbocycles. The van der Waals surface area contributed by atoms with Gasteiger partial charge in [-0.3, -0.25) is 15.6 Å². The maximum atomic E-state index is 13.0. The van der Waals surface area contributed by atoms with Crippen LogP contribution in [0.4, 0.5) is 4.39 Å². The van der Waals surface area contributed by atoms with Gasteiger partial charge in [0.2, 0.25) is 0 Å². The summed E-state index contributed by atoms with van der Waals surface area (Å²) in [6.45, 7) is 4.01. The molecule has 1 unspecified atom stereocenters. The molecular weight excluding hydrogens is 343 g/mol. The van der Waals surface area contributed by atoms with Gasteiger partial charge in [0.15, 0.2) is 10.8 Å². The topological polar surface area (TPSA) is 97.0 Å². The number of carbonyl (C=O) groups is 1. The summed E-state index contributed by atoms with van der Waals surface area (Å²) in [5, 5.41) is 16.9. The molecule has 0 bridgehead atoms. The number of amides is 1. The normalized spacial score (nSPS) is 17.7. The molecule has 1 aromatic heterocycles. The predicted molar refractivity (Wildman–Crippen MR) is 92.8 cm³/mol. The molecule has 2 aromatic rings. The maximum Gasteiger partial charge on any atom is 0.254 e. The van der Waals surface area contributed by atoms with Crippen LogP contribution in [-0.2, 0) is 0 Å². The Morgan fingerprint density at radius 3 is 2.64 bits per heavy atom. The average Bonchev–Trinajstić information content (AvgIpc) is 3.02. The van der Waals surface area contributed by atoms with Crippen molar-refractivity contribution in [2.75, 3.05) is 13.1 Å². The first-order valence-corrected chi connectivity index (χ1v) is 8.45. The Hall–Kier alpha value is -2.68. The molecule has 9 heteroatoms. The summed E-state index contributed by atoms with van der Waals surface area (Å²) in [6.07, 6.45) is 0. The summed E-state index contributed by atoms with van der Waals surface area (Å²) >= 11 is 1.12. The largest absolute Gasteiger partial charge is 0.327 e. The highest BCUT2D eigenvalue weighted by Gasteiger charge is 2.33. The van der Waals surface area contributed by atoms with E-state index < -0.39 is 5.82 Å². The SMILES string of the molecule is Cc1nsc(C(=N)N2CC(C)N(C(=O)c3ccc(F)cc3)CC2=N)n1. The van der Waals surface area contributed by atoms with Crippen LogP contribution >= 0.6 is 11.5 Å². The summed E-state index contributed by atoms with van der Waals surface area (Å²) in [7, 11) is 0. The summed E-state index contributed by atoms with van der Waals surface area (Å²) in [4.78, 5) is 19.9. The molecule has 25 heavy (non-hydrogen) atoms. The van der Waals surface area contributed by atoms with E-state index in [1.165, 1.54) is 24.3 Å². The predicted octanol–water partition coefficient (Wildman–Crippen LogP) is 2.13. The second kappa shape index (κ2) is 6.67. The van der Waals surface area contributed by atoms with Crippen molar-refractivity contribution in [2.45, 2.75) is 19.9 Å². The third kappa shape index (κ3) is 3.41. The Kier molecular flexibility index (Phi) is 4.58. The maximum absolute atomic E-state index is 13.0. The van der Waals surface area contributed by atoms with Crippen molar-refractivity contribution in [1.29, 1.82) is 10.8 Å². The molecule has 7 nitrogen and oxygen atoms in total. The zero-order valence-electron chi connectivity index (χ0n) is 13.8. The molecule has 0 radical (unpaired) electrons. The fourth-order valence-electron chi connectivity index (χ4n) is 2.64. The lowest BCUT2D eigenvalue weighted by atomic mass is 10.1. The molecule has 1 atom stereocenters. The van der Waals surface area contributed by atoms with Crippen LogP contribution in [0.25, 0.3) is 0 Å². The van der Waals surface area contributed by atoms with E-state index in [-0.39, 0.29) is 30.2 Å². The standard InChI is InChI=1S/C16H17FN6OS/c1-9-7-23(14(19)15-20-10(2)21-25-15)13(18)8-22(9)16(24)11-3-5-12(17)6-4-11/h3-6,9,18-19H,7-8H2,1-2H3. The van der Waals surface area contributed by atoms with E-state index in [1.807, 2.05) is 6.92 Å². The van der Waals surface area contributed by atoms with Gasteiger partial charge in [-0.15, -0.1) is 0 Å². The minimum Gasteiger partial charge on any atom is -0.327 e. The molecule has 0 aliphatic carbocycles. The molecule has 0 spiro atoms. The van der Waals surface area contributed by atoms with Gasteiger partial charge < -0.3 is 9.80 Å². The third-order valence-corrected chi connectivity index (χ3v) is 4.79. The summed E-state index contributed by atoms with van der Waals surface area (Å²) in [5.74, 6) is 0.204. The van der Waals surface area contributed by atoms with Crippen LogP contribution in [0.1, 0.15) is 28.1 Å². The molecule has 3 rings (SSSR count). The first kappa shape index (κ1) is 17.2. The Morgan fingerprint density at radius 2 is 2.04 bits per heavy atom. The number of aryl methyl sites for hydroxylation is 1. The van der Waals surface area contributed by atoms with Gasteiger partial charge in [0.1, 0.15) is 17.5 Å². The lowest BCUT2D eigenvalue weighted by Gasteiger charge is -2.40. The number of hydrogen-bond acceptors (Lipinski definition) is 6. The summed E-state index contributed by atoms with van der Waals surface area (Å²) in [5.41, 5.74) is 0.379. The average molecular weight is 360 g/mol. The molecule has 1 saturated heterocycles. The second-order valence-electron chi connectivity index (χ2n) is 5.84. The van der Waals surface area contributed by atoms with Crippen molar-refractivity contribution >= 4 is 29.1 Å². The molecular formula is C16H17FN6OS. The van der Waals surface area contributed by atoms with Crippen molar-refractivity contribution in [2.24, 2.45) is 0 Å². The Morgan fingerprint density at radius 1 is 1.36 bits per heavy atom. The fourth-order valence-corrected chi connectivity index (χ4v) is 3.27. The van der Waals surface area contributed by atoms with Crippen molar-refractivity contribution in [3.63, 3.8) is 0 Å². The number of benzene rings is 1. The smallest absolute Gasteiger partial charge is 0.254 e. The second-order valence-corrected chi connectivity index (χ2v) is 6.59. The van der Waals surface area contributed by atoms with E-state index in [4.69, 9.17) is 10.8 Å². The van der Waals surface area contributed by atoms with Crippen LogP contribution < -0.4 is 0 Å². The van der Waals surface area contributed by atoms with Gasteiger partial charge in [0.25, 0.3) is 5.91 Å². The monoisotopic (exact) mass is 360 g/mol. The van der Waals surface area contributed by atoms with Gasteiger partial charge >= 0.3 is 0 Å². The van der Waals surface area contributed by atoms with Crippen molar-refractivity contribution in [3.8, 4) is 0 Å². The molecule has 1 aromatic carbocycles. The van der Waals surface area contributed by atoms with E-state index in [2.05, 4.69) is 9.36 Å². The van der Waals surface area contributed by atoms with Gasteiger partial charge in [-0.1, -0.05) is 0 Å². The Balaban J connectivity index is 1.75. The molecule has 1 aliphatic rings. The van der Waals surface area contributed by atoms with Crippen LogP contribution in [0.3, 0.4) is 0 Å². The van der Waals surface area contributed by atoms with Crippen LogP contribution in [0.5, 0.6) is 0 Å². The number of hydrogen-bond donors (Lipinski definition) is 2. The van der Waals surface area contributed by atoms with E-state index in [0.29, 0.717) is 22.9 Å². The number of rotatable bonds is 2. The van der Waals surface area contributed by atoms with Crippen LogP contribution in [0.2, 0.25) is 0 Å². The molecule has 1 amide bonds. The Labute approximate surface area is 148 Å². The number of piperazine rings is 1. The lowest BCUT2D eigenvalue weighted by Crippen LogP contribution is -2.58. The third-order valence-electron chi connectivity index (χ3n) is 3.98. The van der Waals surface area contributed by atoms with Crippen LogP contribution in [0.15, 0.2) is 24.3 Å². The van der Waals surface area contributed by atoms with Crippen LogP contribution in [-0.4, -0.2) is 55.9 Å². The van der Waals surface area contributed by atoms with Crippen molar-refractivity contribution in [1.82, 2.24) is 19.2 Å². The number of amidine groups is 2. The molecule has 130 valence electrons. The molecule has 1 aliphatic heterocycles. The highest BCUT2D eigenvalue weighted by atomic mass is 32.1. The minimum atomic E-state index is -0.400. The van der Waals surface area contributed by atoms with E-state index in [1.54, 1.807) is 16.7 Å². The molecule has 2 N–H and O–H groups in total. The van der Waals surface area contributed by atoms with Gasteiger partial charge in [0, 0.05) is 18.2 Å². The van der Waals surface area contributed by atoms with E-state index in [0.717, 1.165) is 11.5 Å². The zero-order chi connectivity index (χ0) is 18.1. The number of nitrogens with zero attached hydrogens (tertiary/aromatic N) is 4. The van der Waals surface area contributed by atoms with Crippen LogP contribution in [0, 0.1) is 23.6 Å². The summed E-state index contributed by atoms with van der Waals surface area (Å²) < 4.78 is 17.1. The number of aromatic nitrogens is 2. The Bertz CT molecular complexity index is 833. The van der Waals surface area contributed by atoms with Gasteiger partial charge in [-0.2, -0.15) is 4.37 Å². The molecule has 1 fully saturated rings. The first-order valence-electron chi connectivity index (χ1n) is 7.67. The van der Waals surface area contributed by atoms with E-state index >= 15 is 0 Å². The lowest BCUT2D eigenvalue weighted by molar-refractivity contribution is 0.0683. The zero-order valence-corrected chi connectivity index (χ0v) is 14.6. The van der Waals surface area contributed by atoms with Gasteiger partial charge in [-0.25, -0.2) is 9.37 Å². The van der Waals surface area contributed by atoms with Gasteiger partial charge in [0.05, 0.1) is 6.54 Å². The molecule has 2 heterocycles. The number of nitrogens with one attached hydrogen (secondary N) is 2. The highest BCUT2D eigenvalue weighted by molar-refractivity contribution is 7.07. The minimum absolute atomic E-state index is 0.0809.